The summed E-state index contributed by atoms with van der Waals surface area (Å²) < 4.78 is 0. The van der Waals surface area contributed by atoms with Gasteiger partial charge in [0.05, 0.1) is 0 Å². The van der Waals surface area contributed by atoms with Crippen LogP contribution in [0.1, 0.15) is 11.1 Å². The highest BCUT2D eigenvalue weighted by Gasteiger charge is 2.08. The van der Waals surface area contributed by atoms with Gasteiger partial charge in [0.25, 0.3) is 0 Å². The Balaban J connectivity index is 2.43. The minimum atomic E-state index is 0.913. The van der Waals surface area contributed by atoms with Crippen LogP contribution in [0.4, 0.5) is 0 Å². The molecular formula is C9H11NO. The number of rotatable bonds is 0. The van der Waals surface area contributed by atoms with Crippen LogP contribution < -0.4 is 10.3 Å². The van der Waals surface area contributed by atoms with E-state index < -0.39 is 0 Å². The van der Waals surface area contributed by atoms with Gasteiger partial charge in [0.2, 0.25) is 0 Å². The first kappa shape index (κ1) is 6.68. The van der Waals surface area contributed by atoms with E-state index in [4.69, 9.17) is 4.84 Å². The topological polar surface area (TPSA) is 21.3 Å². The minimum Gasteiger partial charge on any atom is -0.408 e. The van der Waals surface area contributed by atoms with Crippen molar-refractivity contribution in [3.8, 4) is 5.75 Å². The number of fused-ring (bicyclic) bond motifs is 1. The van der Waals surface area contributed by atoms with Gasteiger partial charge in [0, 0.05) is 6.54 Å². The van der Waals surface area contributed by atoms with Gasteiger partial charge in [-0.25, -0.2) is 0 Å². The molecule has 0 saturated carbocycles. The van der Waals surface area contributed by atoms with Gasteiger partial charge < -0.3 is 4.84 Å². The van der Waals surface area contributed by atoms with Crippen LogP contribution in [0.3, 0.4) is 0 Å². The second-order valence-corrected chi connectivity index (χ2v) is 2.86. The lowest BCUT2D eigenvalue weighted by molar-refractivity contribution is 0.180. The van der Waals surface area contributed by atoms with E-state index in [0.29, 0.717) is 0 Å². The van der Waals surface area contributed by atoms with E-state index in [2.05, 4.69) is 24.5 Å². The number of hydrogen-bond donors (Lipinski definition) is 1. The Morgan fingerprint density at radius 3 is 3.27 bits per heavy atom. The molecule has 0 radical (unpaired) electrons. The number of nitrogens with one attached hydrogen (secondary N) is 1. The van der Waals surface area contributed by atoms with Crippen molar-refractivity contribution in [3.05, 3.63) is 29.3 Å². The Bertz CT molecular complexity index is 270. The molecule has 1 aliphatic heterocycles. The number of benzene rings is 1. The normalized spacial score (nSPS) is 15.4. The fraction of sp³-hybridized carbons (Fsp3) is 0.333. The quantitative estimate of drug-likeness (QED) is 0.602. The third kappa shape index (κ3) is 1.21. The zero-order valence-corrected chi connectivity index (χ0v) is 6.55. The molecule has 0 spiro atoms. The fourth-order valence-electron chi connectivity index (χ4n) is 1.32. The summed E-state index contributed by atoms with van der Waals surface area (Å²) in [6, 6.07) is 6.25. The van der Waals surface area contributed by atoms with Crippen molar-refractivity contribution in [2.24, 2.45) is 0 Å². The second kappa shape index (κ2) is 2.55. The molecule has 0 atom stereocenters. The van der Waals surface area contributed by atoms with Crippen molar-refractivity contribution in [2.75, 3.05) is 6.54 Å². The number of hydrogen-bond acceptors (Lipinski definition) is 2. The monoisotopic (exact) mass is 149 g/mol. The number of aryl methyl sites for hydroxylation is 1. The van der Waals surface area contributed by atoms with Crippen molar-refractivity contribution in [1.82, 2.24) is 5.48 Å². The van der Waals surface area contributed by atoms with Crippen LogP contribution >= 0.6 is 0 Å². The Hall–Kier alpha value is -1.02. The van der Waals surface area contributed by atoms with Crippen LogP contribution in [0.15, 0.2) is 18.2 Å². The standard InChI is InChI=1S/C9H11NO/c1-7-2-3-9-8(6-7)4-5-10-11-9/h2-3,6,10H,4-5H2,1H3. The van der Waals surface area contributed by atoms with Crippen molar-refractivity contribution in [1.29, 1.82) is 0 Å². The van der Waals surface area contributed by atoms with Crippen LogP contribution in [-0.2, 0) is 6.42 Å². The molecule has 1 aliphatic rings. The molecule has 0 aromatic heterocycles. The maximum atomic E-state index is 5.23. The van der Waals surface area contributed by atoms with Gasteiger partial charge in [-0.15, -0.1) is 0 Å². The van der Waals surface area contributed by atoms with Crippen LogP contribution in [0.5, 0.6) is 5.75 Å². The van der Waals surface area contributed by atoms with E-state index in [-0.39, 0.29) is 0 Å². The Morgan fingerprint density at radius 1 is 1.45 bits per heavy atom. The highest BCUT2D eigenvalue weighted by molar-refractivity contribution is 5.37. The van der Waals surface area contributed by atoms with Crippen LogP contribution in [0.25, 0.3) is 0 Å². The molecule has 0 fully saturated rings. The Kier molecular flexibility index (Phi) is 1.55. The SMILES string of the molecule is Cc1ccc2c(c1)CCNO2. The molecule has 1 aromatic carbocycles. The van der Waals surface area contributed by atoms with Gasteiger partial charge >= 0.3 is 0 Å². The molecular weight excluding hydrogens is 138 g/mol. The van der Waals surface area contributed by atoms with Gasteiger partial charge in [-0.1, -0.05) is 17.7 Å². The Morgan fingerprint density at radius 2 is 2.36 bits per heavy atom. The molecule has 1 heterocycles. The van der Waals surface area contributed by atoms with E-state index in [1.54, 1.807) is 0 Å². The number of hydroxylamine groups is 1. The lowest BCUT2D eigenvalue weighted by Crippen LogP contribution is -2.26. The molecule has 0 aliphatic carbocycles. The molecule has 0 amide bonds. The van der Waals surface area contributed by atoms with E-state index >= 15 is 0 Å². The average molecular weight is 149 g/mol. The van der Waals surface area contributed by atoms with Crippen LogP contribution in [0.2, 0.25) is 0 Å². The van der Waals surface area contributed by atoms with Crippen molar-refractivity contribution in [3.63, 3.8) is 0 Å². The maximum Gasteiger partial charge on any atom is 0.150 e. The van der Waals surface area contributed by atoms with Crippen molar-refractivity contribution >= 4 is 0 Å². The maximum absolute atomic E-state index is 5.23. The molecule has 2 nitrogen and oxygen atoms in total. The smallest absolute Gasteiger partial charge is 0.150 e. The van der Waals surface area contributed by atoms with Gasteiger partial charge in [-0.3, -0.25) is 0 Å². The summed E-state index contributed by atoms with van der Waals surface area (Å²) in [7, 11) is 0. The molecule has 2 rings (SSSR count). The molecule has 1 aromatic rings. The van der Waals surface area contributed by atoms with Crippen molar-refractivity contribution in [2.45, 2.75) is 13.3 Å². The minimum absolute atomic E-state index is 0.913. The summed E-state index contributed by atoms with van der Waals surface area (Å²) in [5.41, 5.74) is 5.47. The summed E-state index contributed by atoms with van der Waals surface area (Å²) in [6.07, 6.45) is 1.07. The lowest BCUT2D eigenvalue weighted by atomic mass is 10.1. The molecule has 0 bridgehead atoms. The molecule has 0 unspecified atom stereocenters. The summed E-state index contributed by atoms with van der Waals surface area (Å²) in [5.74, 6) is 0.974. The molecule has 0 saturated heterocycles. The van der Waals surface area contributed by atoms with Gasteiger partial charge in [-0.05, 0) is 25.0 Å². The third-order valence-corrected chi connectivity index (χ3v) is 1.89. The molecule has 11 heavy (non-hydrogen) atoms. The second-order valence-electron chi connectivity index (χ2n) is 2.86. The van der Waals surface area contributed by atoms with E-state index in [9.17, 15) is 0 Å². The predicted octanol–water partition coefficient (Wildman–Crippen LogP) is 1.43. The molecule has 1 N–H and O–H groups in total. The first-order valence-electron chi connectivity index (χ1n) is 3.85. The molecule has 58 valence electrons. The summed E-state index contributed by atoms with van der Waals surface area (Å²) in [5, 5.41) is 0. The van der Waals surface area contributed by atoms with Crippen molar-refractivity contribution < 1.29 is 4.84 Å². The van der Waals surface area contributed by atoms with Gasteiger partial charge in [-0.2, -0.15) is 5.48 Å². The van der Waals surface area contributed by atoms with E-state index in [1.165, 1.54) is 11.1 Å². The predicted molar refractivity (Wildman–Crippen MR) is 43.5 cm³/mol. The summed E-state index contributed by atoms with van der Waals surface area (Å²) >= 11 is 0. The summed E-state index contributed by atoms with van der Waals surface area (Å²) in [4.78, 5) is 5.23. The van der Waals surface area contributed by atoms with Gasteiger partial charge in [0.15, 0.2) is 0 Å². The average Bonchev–Trinajstić information content (AvgIpc) is 2.04. The fourth-order valence-corrected chi connectivity index (χ4v) is 1.32. The van der Waals surface area contributed by atoms with E-state index in [1.807, 2.05) is 6.07 Å². The Labute approximate surface area is 66.1 Å². The highest BCUT2D eigenvalue weighted by atomic mass is 16.6. The summed E-state index contributed by atoms with van der Waals surface area (Å²) in [6.45, 7) is 3.01. The lowest BCUT2D eigenvalue weighted by Gasteiger charge is -2.17. The van der Waals surface area contributed by atoms with Crippen LogP contribution in [0, 0.1) is 6.92 Å². The third-order valence-electron chi connectivity index (χ3n) is 1.89. The first-order valence-corrected chi connectivity index (χ1v) is 3.85. The van der Waals surface area contributed by atoms with Crippen LogP contribution in [-0.4, -0.2) is 6.54 Å². The highest BCUT2D eigenvalue weighted by Crippen LogP contribution is 2.21. The largest absolute Gasteiger partial charge is 0.408 e. The van der Waals surface area contributed by atoms with Gasteiger partial charge in [0.1, 0.15) is 5.75 Å². The first-order chi connectivity index (χ1) is 5.36. The zero-order chi connectivity index (χ0) is 7.68. The molecule has 2 heteroatoms. The zero-order valence-electron chi connectivity index (χ0n) is 6.55. The van der Waals surface area contributed by atoms with E-state index in [0.717, 1.165) is 18.7 Å².